The number of hydrogen-bond acceptors (Lipinski definition) is 2. The Morgan fingerprint density at radius 3 is 2.65 bits per heavy atom. The molecule has 1 aliphatic carbocycles. The summed E-state index contributed by atoms with van der Waals surface area (Å²) < 4.78 is 0. The Hall–Kier alpha value is -1.63. The summed E-state index contributed by atoms with van der Waals surface area (Å²) in [5.41, 5.74) is 1.23. The van der Waals surface area contributed by atoms with E-state index in [0.29, 0.717) is 19.1 Å². The van der Waals surface area contributed by atoms with Gasteiger partial charge in [-0.05, 0) is 25.0 Å². The van der Waals surface area contributed by atoms with E-state index in [-0.39, 0.29) is 11.8 Å². The van der Waals surface area contributed by atoms with Crippen LogP contribution in [0.25, 0.3) is 0 Å². The molecular formula is C19H29ClN4O2+2. The minimum absolute atomic E-state index is 0.0496. The highest BCUT2D eigenvalue weighted by Gasteiger charge is 2.28. The van der Waals surface area contributed by atoms with Gasteiger partial charge in [-0.1, -0.05) is 23.7 Å². The van der Waals surface area contributed by atoms with E-state index in [0.717, 1.165) is 55.5 Å². The van der Waals surface area contributed by atoms with Gasteiger partial charge >= 0.3 is 0 Å². The van der Waals surface area contributed by atoms with Gasteiger partial charge in [0, 0.05) is 16.6 Å². The minimum Gasteiger partial charge on any atom is -0.348 e. The number of benzene rings is 1. The van der Waals surface area contributed by atoms with E-state index in [1.54, 1.807) is 0 Å². The Labute approximate surface area is 160 Å². The molecule has 26 heavy (non-hydrogen) atoms. The van der Waals surface area contributed by atoms with Gasteiger partial charge in [0.05, 0.1) is 33.2 Å². The van der Waals surface area contributed by atoms with Gasteiger partial charge in [-0.15, -0.1) is 0 Å². The van der Waals surface area contributed by atoms with Crippen LogP contribution in [-0.4, -0.2) is 69.1 Å². The van der Waals surface area contributed by atoms with E-state index in [4.69, 9.17) is 11.6 Å². The maximum atomic E-state index is 12.5. The van der Waals surface area contributed by atoms with E-state index in [1.807, 2.05) is 30.1 Å². The normalized spacial score (nSPS) is 19.2. The first kappa shape index (κ1) is 19.1. The van der Waals surface area contributed by atoms with Crippen LogP contribution in [0.4, 0.5) is 0 Å². The zero-order valence-electron chi connectivity index (χ0n) is 15.4. The second kappa shape index (κ2) is 8.84. The van der Waals surface area contributed by atoms with Crippen LogP contribution < -0.4 is 15.1 Å². The predicted molar refractivity (Wildman–Crippen MR) is 100 cm³/mol. The van der Waals surface area contributed by atoms with Crippen LogP contribution in [0.15, 0.2) is 24.3 Å². The van der Waals surface area contributed by atoms with E-state index < -0.39 is 0 Å². The molecule has 0 radical (unpaired) electrons. The lowest BCUT2D eigenvalue weighted by molar-refractivity contribution is -0.917. The molecule has 2 amide bonds. The zero-order valence-corrected chi connectivity index (χ0v) is 16.1. The molecule has 1 unspecified atom stereocenters. The molecule has 0 aromatic heterocycles. The van der Waals surface area contributed by atoms with Crippen molar-refractivity contribution < 1.29 is 19.4 Å². The fourth-order valence-electron chi connectivity index (χ4n) is 3.40. The van der Waals surface area contributed by atoms with Gasteiger partial charge in [0.15, 0.2) is 13.1 Å². The molecule has 1 aromatic rings. The maximum absolute atomic E-state index is 12.5. The molecule has 2 fully saturated rings. The highest BCUT2D eigenvalue weighted by molar-refractivity contribution is 6.30. The number of rotatable bonds is 7. The summed E-state index contributed by atoms with van der Waals surface area (Å²) in [6.45, 7) is 5.12. The monoisotopic (exact) mass is 380 g/mol. The van der Waals surface area contributed by atoms with Crippen molar-refractivity contribution in [2.24, 2.45) is 0 Å². The average Bonchev–Trinajstić information content (AvgIpc) is 3.39. The first-order valence-corrected chi connectivity index (χ1v) is 9.84. The highest BCUT2D eigenvalue weighted by atomic mass is 35.5. The number of carbonyl (C=O) groups is 2. The summed E-state index contributed by atoms with van der Waals surface area (Å²) >= 11 is 6.05. The molecule has 0 spiro atoms. The predicted octanol–water partition coefficient (Wildman–Crippen LogP) is -1.64. The average molecular weight is 381 g/mol. The van der Waals surface area contributed by atoms with Gasteiger partial charge in [0.1, 0.15) is 6.54 Å². The van der Waals surface area contributed by atoms with Crippen molar-refractivity contribution in [2.45, 2.75) is 25.4 Å². The third kappa shape index (κ3) is 5.97. The molecule has 1 saturated carbocycles. The number of quaternary nitrogens is 2. The van der Waals surface area contributed by atoms with Gasteiger partial charge in [-0.2, -0.15) is 0 Å². The van der Waals surface area contributed by atoms with Gasteiger partial charge in [-0.25, -0.2) is 0 Å². The fraction of sp³-hybridized carbons (Fsp3) is 0.579. The first-order valence-electron chi connectivity index (χ1n) is 9.46. The van der Waals surface area contributed by atoms with E-state index >= 15 is 0 Å². The van der Waals surface area contributed by atoms with Crippen molar-refractivity contribution in [1.82, 2.24) is 10.2 Å². The molecule has 3 N–H and O–H groups in total. The number of amides is 2. The third-order valence-corrected chi connectivity index (χ3v) is 5.26. The molecule has 1 heterocycles. The SMILES string of the molecule is C[NH+](CC(=O)NC1CC1)CC(=O)N1CC[NH+](Cc2cccc(Cl)c2)CC1. The quantitative estimate of drug-likeness (QED) is 0.531. The molecule has 7 heteroatoms. The summed E-state index contributed by atoms with van der Waals surface area (Å²) in [5, 5.41) is 3.74. The van der Waals surface area contributed by atoms with Gasteiger partial charge < -0.3 is 20.0 Å². The summed E-state index contributed by atoms with van der Waals surface area (Å²) in [5.74, 6) is 0.192. The molecule has 3 rings (SSSR count). The van der Waals surface area contributed by atoms with Crippen LogP contribution in [-0.2, 0) is 16.1 Å². The summed E-state index contributed by atoms with van der Waals surface area (Å²) in [7, 11) is 1.91. The third-order valence-electron chi connectivity index (χ3n) is 5.02. The highest BCUT2D eigenvalue weighted by Crippen LogP contribution is 2.17. The van der Waals surface area contributed by atoms with Crippen molar-refractivity contribution in [3.63, 3.8) is 0 Å². The maximum Gasteiger partial charge on any atom is 0.278 e. The number of carbonyl (C=O) groups excluding carboxylic acids is 2. The second-order valence-electron chi connectivity index (χ2n) is 7.59. The Kier molecular flexibility index (Phi) is 6.51. The number of piperazine rings is 1. The summed E-state index contributed by atoms with van der Waals surface area (Å²) in [6.07, 6.45) is 2.18. The molecule has 1 aromatic carbocycles. The number of nitrogens with one attached hydrogen (secondary N) is 3. The number of hydrogen-bond donors (Lipinski definition) is 3. The number of likely N-dealkylation sites (N-methyl/N-ethyl adjacent to an activating group) is 1. The Balaban J connectivity index is 1.38. The van der Waals surface area contributed by atoms with Gasteiger partial charge in [0.25, 0.3) is 11.8 Å². The van der Waals surface area contributed by atoms with E-state index in [1.165, 1.54) is 10.5 Å². The molecule has 1 aliphatic heterocycles. The second-order valence-corrected chi connectivity index (χ2v) is 8.03. The summed E-state index contributed by atoms with van der Waals surface area (Å²) in [4.78, 5) is 28.7. The van der Waals surface area contributed by atoms with Crippen molar-refractivity contribution in [1.29, 1.82) is 0 Å². The van der Waals surface area contributed by atoms with Crippen LogP contribution in [0, 0.1) is 0 Å². The van der Waals surface area contributed by atoms with Crippen molar-refractivity contribution in [3.05, 3.63) is 34.9 Å². The van der Waals surface area contributed by atoms with Crippen molar-refractivity contribution in [3.8, 4) is 0 Å². The largest absolute Gasteiger partial charge is 0.348 e. The van der Waals surface area contributed by atoms with Crippen LogP contribution in [0.3, 0.4) is 0 Å². The lowest BCUT2D eigenvalue weighted by Gasteiger charge is -2.32. The van der Waals surface area contributed by atoms with Gasteiger partial charge in [0.2, 0.25) is 0 Å². The number of halogens is 1. The lowest BCUT2D eigenvalue weighted by Crippen LogP contribution is -3.14. The Morgan fingerprint density at radius 2 is 2.00 bits per heavy atom. The lowest BCUT2D eigenvalue weighted by atomic mass is 10.2. The van der Waals surface area contributed by atoms with E-state index in [9.17, 15) is 9.59 Å². The topological polar surface area (TPSA) is 58.3 Å². The summed E-state index contributed by atoms with van der Waals surface area (Å²) in [6, 6.07) is 8.36. The van der Waals surface area contributed by atoms with Crippen LogP contribution in [0.2, 0.25) is 5.02 Å². The van der Waals surface area contributed by atoms with Crippen LogP contribution >= 0.6 is 11.6 Å². The molecule has 2 aliphatic rings. The molecule has 1 atom stereocenters. The molecular weight excluding hydrogens is 352 g/mol. The number of nitrogens with zero attached hydrogens (tertiary/aromatic N) is 1. The zero-order chi connectivity index (χ0) is 18.5. The molecule has 142 valence electrons. The fourth-order valence-corrected chi connectivity index (χ4v) is 3.61. The first-order chi connectivity index (χ1) is 12.5. The standard InChI is InChI=1S/C19H27ClN4O2/c1-22(13-18(25)21-17-5-6-17)14-19(26)24-9-7-23(8-10-24)12-15-3-2-4-16(20)11-15/h2-4,11,17H,5-10,12-14H2,1H3,(H,21,25)/p+2. The van der Waals surface area contributed by atoms with Gasteiger partial charge in [-0.3, -0.25) is 9.59 Å². The van der Waals surface area contributed by atoms with Crippen molar-refractivity contribution in [2.75, 3.05) is 46.3 Å². The molecule has 1 saturated heterocycles. The smallest absolute Gasteiger partial charge is 0.278 e. The Bertz CT molecular complexity index is 642. The van der Waals surface area contributed by atoms with E-state index in [2.05, 4.69) is 11.4 Å². The minimum atomic E-state index is 0.0496. The molecule has 0 bridgehead atoms. The molecule has 6 nitrogen and oxygen atoms in total. The Morgan fingerprint density at radius 1 is 1.27 bits per heavy atom. The van der Waals surface area contributed by atoms with Crippen molar-refractivity contribution >= 4 is 23.4 Å². The van der Waals surface area contributed by atoms with Crippen LogP contribution in [0.5, 0.6) is 0 Å². The van der Waals surface area contributed by atoms with Crippen LogP contribution in [0.1, 0.15) is 18.4 Å².